The highest BCUT2D eigenvalue weighted by molar-refractivity contribution is 6.31. The highest BCUT2D eigenvalue weighted by Gasteiger charge is 2.21. The Kier molecular flexibility index (Phi) is 5.79. The summed E-state index contributed by atoms with van der Waals surface area (Å²) in [6.45, 7) is 8.40. The van der Waals surface area contributed by atoms with E-state index in [0.29, 0.717) is 22.8 Å². The van der Waals surface area contributed by atoms with Crippen LogP contribution in [-0.2, 0) is 0 Å². The van der Waals surface area contributed by atoms with E-state index in [4.69, 9.17) is 21.7 Å². The number of pyridine rings is 1. The van der Waals surface area contributed by atoms with Crippen LogP contribution in [-0.4, -0.2) is 27.2 Å². The van der Waals surface area contributed by atoms with Gasteiger partial charge in [-0.15, -0.1) is 0 Å². The molecule has 0 aliphatic heterocycles. The Hall–Kier alpha value is -3.18. The van der Waals surface area contributed by atoms with Gasteiger partial charge in [-0.1, -0.05) is 54.9 Å². The number of amides is 1. The molecule has 2 heterocycles. The van der Waals surface area contributed by atoms with Crippen LogP contribution in [0.5, 0.6) is 0 Å². The van der Waals surface area contributed by atoms with Crippen LogP contribution in [0.3, 0.4) is 0 Å². The number of nitrogens with one attached hydrogen (secondary N) is 1. The largest absolute Gasteiger partial charge is 0.351 e. The summed E-state index contributed by atoms with van der Waals surface area (Å²) < 4.78 is 1.78. The van der Waals surface area contributed by atoms with Crippen molar-refractivity contribution in [2.75, 3.05) is 6.54 Å². The first kappa shape index (κ1) is 21.1. The summed E-state index contributed by atoms with van der Waals surface area (Å²) in [5.41, 5.74) is 5.72. The maximum absolute atomic E-state index is 13.2. The Morgan fingerprint density at radius 3 is 2.58 bits per heavy atom. The molecule has 0 spiro atoms. The zero-order chi connectivity index (χ0) is 22.1. The lowest BCUT2D eigenvalue weighted by Crippen LogP contribution is -2.28. The molecule has 4 aromatic rings. The number of hydrogen-bond donors (Lipinski definition) is 1. The molecule has 158 valence electrons. The van der Waals surface area contributed by atoms with E-state index < -0.39 is 0 Å². The third-order valence-electron chi connectivity index (χ3n) is 5.59. The molecule has 1 N–H and O–H groups in total. The normalized spacial score (nSPS) is 12.2. The molecular formula is C25H25ClN4O. The summed E-state index contributed by atoms with van der Waals surface area (Å²) in [5.74, 6) is 0.0882. The van der Waals surface area contributed by atoms with Gasteiger partial charge in [-0.25, -0.2) is 9.67 Å². The third-order valence-corrected chi connectivity index (χ3v) is 6.00. The lowest BCUT2D eigenvalue weighted by atomic mass is 10.0. The summed E-state index contributed by atoms with van der Waals surface area (Å²) in [4.78, 5) is 17.9. The minimum Gasteiger partial charge on any atom is -0.351 e. The van der Waals surface area contributed by atoms with Crippen LogP contribution in [0, 0.1) is 20.8 Å². The van der Waals surface area contributed by atoms with Crippen molar-refractivity contribution < 1.29 is 4.79 Å². The van der Waals surface area contributed by atoms with Gasteiger partial charge >= 0.3 is 0 Å². The van der Waals surface area contributed by atoms with Crippen LogP contribution in [0.4, 0.5) is 0 Å². The summed E-state index contributed by atoms with van der Waals surface area (Å²) in [5, 5.41) is 9.22. The predicted molar refractivity (Wildman–Crippen MR) is 125 cm³/mol. The quantitative estimate of drug-likeness (QED) is 0.451. The molecule has 0 aliphatic carbocycles. The highest BCUT2D eigenvalue weighted by atomic mass is 35.5. The Balaban J connectivity index is 1.71. The first-order valence-corrected chi connectivity index (χ1v) is 10.7. The van der Waals surface area contributed by atoms with Gasteiger partial charge in [0.1, 0.15) is 0 Å². The van der Waals surface area contributed by atoms with Crippen LogP contribution in [0.1, 0.15) is 45.7 Å². The van der Waals surface area contributed by atoms with E-state index in [1.54, 1.807) is 4.68 Å². The SMILES string of the molecule is Cc1cc(C(=O)NC[C@@H](C)c2ccccc2)c2c(C)nn(-c3cccc(Cl)c3C)c2n1. The zero-order valence-electron chi connectivity index (χ0n) is 18.1. The fraction of sp³-hybridized carbons (Fsp3) is 0.240. The second-order valence-electron chi connectivity index (χ2n) is 7.91. The van der Waals surface area contributed by atoms with E-state index in [1.165, 1.54) is 5.56 Å². The van der Waals surface area contributed by atoms with Gasteiger partial charge in [-0.3, -0.25) is 4.79 Å². The topological polar surface area (TPSA) is 59.8 Å². The molecule has 6 heteroatoms. The molecule has 0 saturated carbocycles. The number of hydrogen-bond acceptors (Lipinski definition) is 3. The Morgan fingerprint density at radius 2 is 1.84 bits per heavy atom. The van der Waals surface area contributed by atoms with Gasteiger partial charge in [0.25, 0.3) is 5.91 Å². The number of carbonyl (C=O) groups is 1. The molecule has 0 unspecified atom stereocenters. The molecule has 2 aromatic heterocycles. The second-order valence-corrected chi connectivity index (χ2v) is 8.32. The number of benzene rings is 2. The number of rotatable bonds is 5. The van der Waals surface area contributed by atoms with Crippen molar-refractivity contribution in [1.82, 2.24) is 20.1 Å². The first-order chi connectivity index (χ1) is 14.9. The second kappa shape index (κ2) is 8.52. The zero-order valence-corrected chi connectivity index (χ0v) is 18.9. The molecule has 0 fully saturated rings. The van der Waals surface area contributed by atoms with Crippen LogP contribution < -0.4 is 5.32 Å². The number of aromatic nitrogens is 3. The number of halogens is 1. The lowest BCUT2D eigenvalue weighted by molar-refractivity contribution is 0.0953. The Bertz CT molecular complexity index is 1260. The molecule has 1 atom stereocenters. The molecule has 31 heavy (non-hydrogen) atoms. The smallest absolute Gasteiger partial charge is 0.252 e. The van der Waals surface area contributed by atoms with Crippen LogP contribution in [0.25, 0.3) is 16.7 Å². The molecule has 5 nitrogen and oxygen atoms in total. The van der Waals surface area contributed by atoms with E-state index in [1.807, 2.05) is 63.2 Å². The first-order valence-electron chi connectivity index (χ1n) is 10.3. The van der Waals surface area contributed by atoms with Gasteiger partial charge in [-0.05, 0) is 56.0 Å². The highest BCUT2D eigenvalue weighted by Crippen LogP contribution is 2.28. The number of aryl methyl sites for hydroxylation is 2. The summed E-state index contributed by atoms with van der Waals surface area (Å²) in [7, 11) is 0. The monoisotopic (exact) mass is 432 g/mol. The van der Waals surface area contributed by atoms with Gasteiger partial charge in [0.2, 0.25) is 0 Å². The standard InChI is InChI=1S/C25H25ClN4O/c1-15(19-9-6-5-7-10-19)14-27-25(31)20-13-16(2)28-24-23(20)18(4)29-30(24)22-12-8-11-21(26)17(22)3/h5-13,15H,14H2,1-4H3,(H,27,31)/t15-/m1/s1. The van der Waals surface area contributed by atoms with Gasteiger partial charge in [-0.2, -0.15) is 5.10 Å². The number of carbonyl (C=O) groups excluding carboxylic acids is 1. The van der Waals surface area contributed by atoms with Crippen molar-refractivity contribution in [3.63, 3.8) is 0 Å². The number of nitrogens with zero attached hydrogens (tertiary/aromatic N) is 3. The van der Waals surface area contributed by atoms with Gasteiger partial charge in [0, 0.05) is 17.3 Å². The summed E-state index contributed by atoms with van der Waals surface area (Å²) in [6.07, 6.45) is 0. The van der Waals surface area contributed by atoms with Crippen molar-refractivity contribution in [3.05, 3.63) is 87.7 Å². The average Bonchev–Trinajstić information content (AvgIpc) is 3.09. The van der Waals surface area contributed by atoms with Gasteiger partial charge in [0.15, 0.2) is 5.65 Å². The van der Waals surface area contributed by atoms with Crippen molar-refractivity contribution in [2.24, 2.45) is 0 Å². The van der Waals surface area contributed by atoms with Gasteiger partial charge in [0.05, 0.1) is 22.3 Å². The molecule has 0 radical (unpaired) electrons. The van der Waals surface area contributed by atoms with E-state index in [-0.39, 0.29) is 11.8 Å². The Labute approximate surface area is 187 Å². The van der Waals surface area contributed by atoms with Gasteiger partial charge < -0.3 is 5.32 Å². The lowest BCUT2D eigenvalue weighted by Gasteiger charge is -2.14. The molecule has 2 aromatic carbocycles. The van der Waals surface area contributed by atoms with E-state index >= 15 is 0 Å². The van der Waals surface area contributed by atoms with E-state index in [0.717, 1.165) is 28.0 Å². The molecule has 0 aliphatic rings. The third kappa shape index (κ3) is 4.06. The van der Waals surface area contributed by atoms with Crippen molar-refractivity contribution >= 4 is 28.5 Å². The predicted octanol–water partition coefficient (Wildman–Crippen LogP) is 5.53. The Morgan fingerprint density at radius 1 is 1.10 bits per heavy atom. The van der Waals surface area contributed by atoms with Crippen LogP contribution in [0.2, 0.25) is 5.02 Å². The van der Waals surface area contributed by atoms with Crippen molar-refractivity contribution in [2.45, 2.75) is 33.6 Å². The molecular weight excluding hydrogens is 408 g/mol. The van der Waals surface area contributed by atoms with E-state index in [9.17, 15) is 4.79 Å². The van der Waals surface area contributed by atoms with Crippen LogP contribution >= 0.6 is 11.6 Å². The molecule has 4 rings (SSSR count). The number of fused-ring (bicyclic) bond motifs is 1. The maximum Gasteiger partial charge on any atom is 0.252 e. The van der Waals surface area contributed by atoms with Crippen LogP contribution in [0.15, 0.2) is 54.6 Å². The van der Waals surface area contributed by atoms with E-state index in [2.05, 4.69) is 24.4 Å². The summed E-state index contributed by atoms with van der Waals surface area (Å²) in [6, 6.07) is 17.7. The van der Waals surface area contributed by atoms with Crippen molar-refractivity contribution in [1.29, 1.82) is 0 Å². The fourth-order valence-corrected chi connectivity index (χ4v) is 4.00. The van der Waals surface area contributed by atoms with Crippen molar-refractivity contribution in [3.8, 4) is 5.69 Å². The summed E-state index contributed by atoms with van der Waals surface area (Å²) >= 11 is 6.33. The fourth-order valence-electron chi connectivity index (χ4n) is 3.83. The minimum atomic E-state index is -0.122. The minimum absolute atomic E-state index is 0.122. The molecule has 0 bridgehead atoms. The molecule has 1 amide bonds. The average molecular weight is 433 g/mol. The maximum atomic E-state index is 13.2. The molecule has 0 saturated heterocycles.